The molecule has 3 aromatic rings. The lowest BCUT2D eigenvalue weighted by Crippen LogP contribution is -1.99. The van der Waals surface area contributed by atoms with Gasteiger partial charge in [0.15, 0.2) is 5.16 Å². The summed E-state index contributed by atoms with van der Waals surface area (Å²) in [5, 5.41) is 14.9. The molecule has 0 bridgehead atoms. The molecule has 0 radical (unpaired) electrons. The molecule has 0 spiro atoms. The molecule has 2 heterocycles. The first kappa shape index (κ1) is 15.7. The molecule has 0 aliphatic rings. The summed E-state index contributed by atoms with van der Waals surface area (Å²) in [6, 6.07) is 7.33. The minimum Gasteiger partial charge on any atom is -0.383 e. The molecule has 24 heavy (non-hydrogen) atoms. The molecule has 1 aromatic carbocycles. The molecule has 0 amide bonds. The van der Waals surface area contributed by atoms with Gasteiger partial charge in [0.1, 0.15) is 11.6 Å². The molecule has 0 fully saturated rings. The van der Waals surface area contributed by atoms with E-state index in [2.05, 4.69) is 20.1 Å². The molecular weight excluding hydrogens is 334 g/mol. The fraction of sp³-hybridized carbons (Fsp3) is 0.0769. The van der Waals surface area contributed by atoms with Crippen LogP contribution in [0.15, 0.2) is 40.0 Å². The molecule has 0 saturated carbocycles. The number of nitrogens with two attached hydrogens (primary N) is 2. The van der Waals surface area contributed by atoms with Gasteiger partial charge in [-0.15, -0.1) is 0 Å². The zero-order valence-electron chi connectivity index (χ0n) is 12.1. The van der Waals surface area contributed by atoms with Gasteiger partial charge in [-0.05, 0) is 12.1 Å². The van der Waals surface area contributed by atoms with Crippen LogP contribution in [0.25, 0.3) is 11.4 Å². The number of nitro groups is 1. The summed E-state index contributed by atoms with van der Waals surface area (Å²) in [7, 11) is 0. The normalized spacial score (nSPS) is 10.7. The number of hydrogen-bond acceptors (Lipinski definition) is 10. The number of non-ortho nitro benzene ring substituents is 1. The van der Waals surface area contributed by atoms with E-state index >= 15 is 0 Å². The third-order valence-electron chi connectivity index (χ3n) is 2.87. The molecule has 4 N–H and O–H groups in total. The summed E-state index contributed by atoms with van der Waals surface area (Å²) in [5.41, 5.74) is 11.8. The minimum absolute atomic E-state index is 0.00516. The number of nitrogens with zero attached hydrogens (tertiary/aromatic N) is 5. The van der Waals surface area contributed by atoms with Gasteiger partial charge >= 0.3 is 0 Å². The van der Waals surface area contributed by atoms with Gasteiger partial charge in [0, 0.05) is 23.8 Å². The molecule has 11 heteroatoms. The second-order valence-corrected chi connectivity index (χ2v) is 5.55. The first-order chi connectivity index (χ1) is 11.5. The topological polar surface area (TPSA) is 160 Å². The summed E-state index contributed by atoms with van der Waals surface area (Å²) >= 11 is 1.25. The largest absolute Gasteiger partial charge is 0.383 e. The van der Waals surface area contributed by atoms with Crippen molar-refractivity contribution in [3.05, 3.63) is 46.3 Å². The second kappa shape index (κ2) is 6.50. The predicted octanol–water partition coefficient (Wildman–Crippen LogP) is 1.89. The van der Waals surface area contributed by atoms with Crippen LogP contribution in [0.3, 0.4) is 0 Å². The smallest absolute Gasteiger partial charge is 0.269 e. The van der Waals surface area contributed by atoms with Crippen LogP contribution in [0.5, 0.6) is 0 Å². The van der Waals surface area contributed by atoms with Crippen molar-refractivity contribution in [2.75, 3.05) is 11.5 Å². The van der Waals surface area contributed by atoms with Gasteiger partial charge in [-0.25, -0.2) is 9.97 Å². The quantitative estimate of drug-likeness (QED) is 0.302. The van der Waals surface area contributed by atoms with Crippen LogP contribution in [0.2, 0.25) is 0 Å². The Morgan fingerprint density at radius 3 is 2.42 bits per heavy atom. The molecule has 10 nitrogen and oxygen atoms in total. The van der Waals surface area contributed by atoms with E-state index in [4.69, 9.17) is 16.0 Å². The Balaban J connectivity index is 1.70. The van der Waals surface area contributed by atoms with Crippen molar-refractivity contribution in [3.8, 4) is 11.4 Å². The number of thioether (sulfide) groups is 1. The fourth-order valence-electron chi connectivity index (χ4n) is 1.82. The molecule has 0 aliphatic carbocycles. The molecule has 3 rings (SSSR count). The molecule has 0 atom stereocenters. The van der Waals surface area contributed by atoms with E-state index in [1.807, 2.05) is 0 Å². The van der Waals surface area contributed by atoms with Crippen LogP contribution in [-0.2, 0) is 5.75 Å². The highest BCUT2D eigenvalue weighted by atomic mass is 32.2. The van der Waals surface area contributed by atoms with Gasteiger partial charge in [0.2, 0.25) is 11.7 Å². The van der Waals surface area contributed by atoms with Gasteiger partial charge in [0.25, 0.3) is 5.69 Å². The number of rotatable bonds is 5. The molecule has 122 valence electrons. The lowest BCUT2D eigenvalue weighted by Gasteiger charge is -2.00. The Kier molecular flexibility index (Phi) is 4.24. The Bertz CT molecular complexity index is 861. The SMILES string of the molecule is Nc1cc(N)nc(SCc2nc(-c3ccc([N+](=O)[O-])cc3)no2)n1. The summed E-state index contributed by atoms with van der Waals surface area (Å²) in [6.45, 7) is 0. The highest BCUT2D eigenvalue weighted by molar-refractivity contribution is 7.98. The maximum atomic E-state index is 10.6. The number of nitro benzene ring substituents is 1. The first-order valence-electron chi connectivity index (χ1n) is 6.61. The van der Waals surface area contributed by atoms with Crippen LogP contribution in [-0.4, -0.2) is 25.0 Å². The second-order valence-electron chi connectivity index (χ2n) is 4.60. The highest BCUT2D eigenvalue weighted by Crippen LogP contribution is 2.23. The van der Waals surface area contributed by atoms with Gasteiger partial charge in [-0.1, -0.05) is 16.9 Å². The minimum atomic E-state index is -0.473. The van der Waals surface area contributed by atoms with Crippen molar-refractivity contribution in [3.63, 3.8) is 0 Å². The van der Waals surface area contributed by atoms with E-state index in [1.54, 1.807) is 12.1 Å². The van der Waals surface area contributed by atoms with Gasteiger partial charge in [-0.2, -0.15) is 4.98 Å². The molecule has 2 aromatic heterocycles. The lowest BCUT2D eigenvalue weighted by atomic mass is 10.2. The first-order valence-corrected chi connectivity index (χ1v) is 7.60. The van der Waals surface area contributed by atoms with Crippen LogP contribution in [0.4, 0.5) is 17.3 Å². The van der Waals surface area contributed by atoms with Crippen LogP contribution in [0.1, 0.15) is 5.89 Å². The number of nitrogen functional groups attached to an aromatic ring is 2. The van der Waals surface area contributed by atoms with E-state index in [0.29, 0.717) is 28.2 Å². The summed E-state index contributed by atoms with van der Waals surface area (Å²) < 4.78 is 5.15. The average molecular weight is 345 g/mol. The van der Waals surface area contributed by atoms with Crippen LogP contribution < -0.4 is 11.5 Å². The van der Waals surface area contributed by atoms with Crippen LogP contribution >= 0.6 is 11.8 Å². The Hall–Kier alpha value is -3.21. The van der Waals surface area contributed by atoms with Crippen molar-refractivity contribution >= 4 is 29.1 Å². The van der Waals surface area contributed by atoms with Crippen LogP contribution in [0, 0.1) is 10.1 Å². The Labute approximate surface area is 139 Å². The Morgan fingerprint density at radius 1 is 1.12 bits per heavy atom. The molecule has 0 aliphatic heterocycles. The van der Waals surface area contributed by atoms with E-state index in [9.17, 15) is 10.1 Å². The maximum Gasteiger partial charge on any atom is 0.269 e. The monoisotopic (exact) mass is 345 g/mol. The van der Waals surface area contributed by atoms with E-state index in [0.717, 1.165) is 0 Å². The molecular formula is C13H11N7O3S. The maximum absolute atomic E-state index is 10.6. The van der Waals surface area contributed by atoms with E-state index in [-0.39, 0.29) is 17.3 Å². The summed E-state index contributed by atoms with van der Waals surface area (Å²) in [5.74, 6) is 1.60. The van der Waals surface area contributed by atoms with Crippen molar-refractivity contribution in [1.82, 2.24) is 20.1 Å². The zero-order valence-corrected chi connectivity index (χ0v) is 12.9. The van der Waals surface area contributed by atoms with Gasteiger partial charge in [0.05, 0.1) is 10.7 Å². The number of benzene rings is 1. The highest BCUT2D eigenvalue weighted by Gasteiger charge is 2.12. The third kappa shape index (κ3) is 3.57. The zero-order chi connectivity index (χ0) is 17.1. The van der Waals surface area contributed by atoms with Gasteiger partial charge in [-0.3, -0.25) is 10.1 Å². The third-order valence-corrected chi connectivity index (χ3v) is 3.71. The van der Waals surface area contributed by atoms with Gasteiger partial charge < -0.3 is 16.0 Å². The van der Waals surface area contributed by atoms with Crippen molar-refractivity contribution in [2.45, 2.75) is 10.9 Å². The number of anilines is 2. The molecule has 0 saturated heterocycles. The average Bonchev–Trinajstić information content (AvgIpc) is 3.01. The number of hydrogen-bond donors (Lipinski definition) is 2. The van der Waals surface area contributed by atoms with Crippen molar-refractivity contribution in [1.29, 1.82) is 0 Å². The summed E-state index contributed by atoms with van der Waals surface area (Å²) in [4.78, 5) is 22.5. The predicted molar refractivity (Wildman–Crippen MR) is 86.8 cm³/mol. The van der Waals surface area contributed by atoms with E-state index < -0.39 is 4.92 Å². The van der Waals surface area contributed by atoms with E-state index in [1.165, 1.54) is 30.0 Å². The van der Waals surface area contributed by atoms with Crippen molar-refractivity contribution in [2.24, 2.45) is 0 Å². The standard InChI is InChI=1S/C13H11N7O3S/c14-9-5-10(15)17-13(16-9)24-6-11-18-12(19-23-11)7-1-3-8(4-2-7)20(21)22/h1-5H,6H2,(H4,14,15,16,17). The number of aromatic nitrogens is 4. The fourth-order valence-corrected chi connectivity index (χ4v) is 2.53. The van der Waals surface area contributed by atoms with Crippen molar-refractivity contribution < 1.29 is 9.45 Å². The Morgan fingerprint density at radius 2 is 1.79 bits per heavy atom. The lowest BCUT2D eigenvalue weighted by molar-refractivity contribution is -0.384. The molecule has 0 unspecified atom stereocenters. The summed E-state index contributed by atoms with van der Waals surface area (Å²) in [6.07, 6.45) is 0.